The van der Waals surface area contributed by atoms with Crippen molar-refractivity contribution in [1.82, 2.24) is 0 Å². The lowest BCUT2D eigenvalue weighted by Crippen LogP contribution is -2.15. The van der Waals surface area contributed by atoms with E-state index in [-0.39, 0.29) is 23.2 Å². The third-order valence-electron chi connectivity index (χ3n) is 4.11. The van der Waals surface area contributed by atoms with Gasteiger partial charge in [0.1, 0.15) is 10.6 Å². The van der Waals surface area contributed by atoms with Gasteiger partial charge in [-0.3, -0.25) is 4.72 Å². The highest BCUT2D eigenvalue weighted by atomic mass is 32.2. The minimum Gasteiger partial charge on any atom is -0.495 e. The summed E-state index contributed by atoms with van der Waals surface area (Å²) in [6.07, 6.45) is 0. The van der Waals surface area contributed by atoms with Crippen LogP contribution in [0.15, 0.2) is 41.3 Å². The Morgan fingerprint density at radius 3 is 2.30 bits per heavy atom. The molecule has 0 atom stereocenters. The molecule has 0 aliphatic carbocycles. The molecule has 1 N–H and O–H groups in total. The highest BCUT2D eigenvalue weighted by Gasteiger charge is 2.22. The second-order valence-electron chi connectivity index (χ2n) is 6.42. The largest absolute Gasteiger partial charge is 0.495 e. The van der Waals surface area contributed by atoms with Crippen LogP contribution in [0.2, 0.25) is 0 Å². The Morgan fingerprint density at radius 1 is 1.15 bits per heavy atom. The summed E-state index contributed by atoms with van der Waals surface area (Å²) in [6, 6.07) is 9.45. The molecule has 7 heteroatoms. The van der Waals surface area contributed by atoms with Crippen molar-refractivity contribution in [1.29, 1.82) is 0 Å². The SMILES string of the molecule is CCOC(=O)c1ccc(NS(=O)(=O)c2cc(C(C)C)c(C)cc2OC)cc1. The topological polar surface area (TPSA) is 81.7 Å². The first-order valence-corrected chi connectivity index (χ1v) is 10.2. The Hall–Kier alpha value is -2.54. The summed E-state index contributed by atoms with van der Waals surface area (Å²) in [7, 11) is -2.42. The van der Waals surface area contributed by atoms with Crippen LogP contribution in [-0.2, 0) is 14.8 Å². The molecule has 0 aliphatic heterocycles. The van der Waals surface area contributed by atoms with E-state index < -0.39 is 16.0 Å². The van der Waals surface area contributed by atoms with Gasteiger partial charge in [-0.2, -0.15) is 0 Å². The van der Waals surface area contributed by atoms with E-state index in [1.165, 1.54) is 31.4 Å². The molecule has 0 heterocycles. The standard InChI is InChI=1S/C20H25NO5S/c1-6-26-20(22)15-7-9-16(10-8-15)21-27(23,24)19-12-17(13(2)3)14(4)11-18(19)25-5/h7-13,21H,6H2,1-5H3. The van der Waals surface area contributed by atoms with E-state index in [4.69, 9.17) is 9.47 Å². The molecular formula is C20H25NO5S. The number of ether oxygens (including phenoxy) is 2. The van der Waals surface area contributed by atoms with E-state index in [1.54, 1.807) is 19.1 Å². The van der Waals surface area contributed by atoms with Gasteiger partial charge in [0.15, 0.2) is 0 Å². The summed E-state index contributed by atoms with van der Waals surface area (Å²) in [6.45, 7) is 7.94. The first kappa shape index (κ1) is 20.8. The van der Waals surface area contributed by atoms with Crippen LogP contribution >= 0.6 is 0 Å². The maximum absolute atomic E-state index is 12.9. The van der Waals surface area contributed by atoms with Gasteiger partial charge in [-0.1, -0.05) is 13.8 Å². The summed E-state index contributed by atoms with van der Waals surface area (Å²) < 4.78 is 38.5. The van der Waals surface area contributed by atoms with Gasteiger partial charge >= 0.3 is 5.97 Å². The second-order valence-corrected chi connectivity index (χ2v) is 8.07. The molecule has 2 aromatic rings. The Bertz CT molecular complexity index is 918. The van der Waals surface area contributed by atoms with Crippen molar-refractivity contribution >= 4 is 21.7 Å². The normalized spacial score (nSPS) is 11.3. The van der Waals surface area contributed by atoms with E-state index in [2.05, 4.69) is 4.72 Å². The quantitative estimate of drug-likeness (QED) is 0.719. The Balaban J connectivity index is 2.36. The number of hydrogen-bond acceptors (Lipinski definition) is 5. The molecule has 2 rings (SSSR count). The average Bonchev–Trinajstić information content (AvgIpc) is 2.61. The number of hydrogen-bond donors (Lipinski definition) is 1. The second kappa shape index (κ2) is 8.43. The van der Waals surface area contributed by atoms with Crippen molar-refractivity contribution in [2.75, 3.05) is 18.4 Å². The maximum Gasteiger partial charge on any atom is 0.338 e. The number of nitrogens with one attached hydrogen (secondary N) is 1. The number of carbonyl (C=O) groups excluding carboxylic acids is 1. The van der Waals surface area contributed by atoms with Crippen molar-refractivity contribution in [3.8, 4) is 5.75 Å². The first-order valence-electron chi connectivity index (χ1n) is 8.68. The van der Waals surface area contributed by atoms with Crippen LogP contribution < -0.4 is 9.46 Å². The van der Waals surface area contributed by atoms with Crippen LogP contribution in [0.25, 0.3) is 0 Å². The lowest BCUT2D eigenvalue weighted by molar-refractivity contribution is 0.0526. The van der Waals surface area contributed by atoms with E-state index in [0.29, 0.717) is 11.3 Å². The molecule has 0 radical (unpaired) electrons. The van der Waals surface area contributed by atoms with Gasteiger partial charge in [-0.15, -0.1) is 0 Å². The number of carbonyl (C=O) groups is 1. The zero-order chi connectivity index (χ0) is 20.2. The summed E-state index contributed by atoms with van der Waals surface area (Å²) >= 11 is 0. The van der Waals surface area contributed by atoms with Crippen LogP contribution in [0.4, 0.5) is 5.69 Å². The number of aryl methyl sites for hydroxylation is 1. The molecule has 0 unspecified atom stereocenters. The monoisotopic (exact) mass is 391 g/mol. The van der Waals surface area contributed by atoms with Crippen molar-refractivity contribution in [2.24, 2.45) is 0 Å². The third-order valence-corrected chi connectivity index (χ3v) is 5.51. The number of rotatable bonds is 7. The molecule has 0 bridgehead atoms. The molecule has 27 heavy (non-hydrogen) atoms. The van der Waals surface area contributed by atoms with Gasteiger partial charge in [0.25, 0.3) is 10.0 Å². The van der Waals surface area contributed by atoms with E-state index >= 15 is 0 Å². The maximum atomic E-state index is 12.9. The molecule has 146 valence electrons. The molecule has 0 aliphatic rings. The molecule has 0 aromatic heterocycles. The fourth-order valence-electron chi connectivity index (χ4n) is 2.77. The smallest absolute Gasteiger partial charge is 0.338 e. The summed E-state index contributed by atoms with van der Waals surface area (Å²) in [5.74, 6) is 0.00921. The molecule has 0 saturated carbocycles. The van der Waals surface area contributed by atoms with Crippen molar-refractivity contribution in [3.63, 3.8) is 0 Å². The number of anilines is 1. The van der Waals surface area contributed by atoms with E-state index in [0.717, 1.165) is 11.1 Å². The highest BCUT2D eigenvalue weighted by molar-refractivity contribution is 7.92. The average molecular weight is 391 g/mol. The van der Waals surface area contributed by atoms with Gasteiger partial charge in [0, 0.05) is 5.69 Å². The summed E-state index contributed by atoms with van der Waals surface area (Å²) in [5.41, 5.74) is 2.61. The van der Waals surface area contributed by atoms with Crippen LogP contribution in [-0.4, -0.2) is 28.1 Å². The van der Waals surface area contributed by atoms with E-state index in [1.807, 2.05) is 20.8 Å². The minimum absolute atomic E-state index is 0.0776. The van der Waals surface area contributed by atoms with Gasteiger partial charge in [0.2, 0.25) is 0 Å². The van der Waals surface area contributed by atoms with Crippen LogP contribution in [0.1, 0.15) is 48.2 Å². The molecule has 6 nitrogen and oxygen atoms in total. The first-order chi connectivity index (χ1) is 12.7. The number of sulfonamides is 1. The van der Waals surface area contributed by atoms with Gasteiger partial charge in [0.05, 0.1) is 19.3 Å². The minimum atomic E-state index is -3.86. The van der Waals surface area contributed by atoms with Crippen LogP contribution in [0.5, 0.6) is 5.75 Å². The Morgan fingerprint density at radius 2 is 1.78 bits per heavy atom. The zero-order valence-electron chi connectivity index (χ0n) is 16.2. The molecular weight excluding hydrogens is 366 g/mol. The number of esters is 1. The Kier molecular flexibility index (Phi) is 6.49. The van der Waals surface area contributed by atoms with Crippen molar-refractivity contribution in [2.45, 2.75) is 38.5 Å². The zero-order valence-corrected chi connectivity index (χ0v) is 17.0. The van der Waals surface area contributed by atoms with Crippen molar-refractivity contribution in [3.05, 3.63) is 53.1 Å². The fourth-order valence-corrected chi connectivity index (χ4v) is 4.01. The van der Waals surface area contributed by atoms with Crippen LogP contribution in [0.3, 0.4) is 0 Å². The van der Waals surface area contributed by atoms with Gasteiger partial charge < -0.3 is 9.47 Å². The van der Waals surface area contributed by atoms with E-state index in [9.17, 15) is 13.2 Å². The van der Waals surface area contributed by atoms with Gasteiger partial charge in [-0.05, 0) is 67.3 Å². The van der Waals surface area contributed by atoms with Crippen LogP contribution in [0, 0.1) is 6.92 Å². The van der Waals surface area contributed by atoms with Gasteiger partial charge in [-0.25, -0.2) is 13.2 Å². The fraction of sp³-hybridized carbons (Fsp3) is 0.350. The number of benzene rings is 2. The third kappa shape index (κ3) is 4.80. The highest BCUT2D eigenvalue weighted by Crippen LogP contribution is 2.32. The predicted octanol–water partition coefficient (Wildman–Crippen LogP) is 4.10. The summed E-state index contributed by atoms with van der Waals surface area (Å²) in [5, 5.41) is 0. The molecule has 0 amide bonds. The lowest BCUT2D eigenvalue weighted by atomic mass is 9.98. The Labute approximate surface area is 160 Å². The molecule has 2 aromatic carbocycles. The molecule has 0 spiro atoms. The lowest BCUT2D eigenvalue weighted by Gasteiger charge is -2.17. The summed E-state index contributed by atoms with van der Waals surface area (Å²) in [4.78, 5) is 11.8. The molecule has 0 fully saturated rings. The van der Waals surface area contributed by atoms with Crippen molar-refractivity contribution < 1.29 is 22.7 Å². The molecule has 0 saturated heterocycles. The number of methoxy groups -OCH3 is 1. The predicted molar refractivity (Wildman–Crippen MR) is 105 cm³/mol.